The summed E-state index contributed by atoms with van der Waals surface area (Å²) < 4.78 is 0. The molecule has 2 bridgehead atoms. The average molecular weight is 318 g/mol. The highest BCUT2D eigenvalue weighted by Crippen LogP contribution is 2.44. The highest BCUT2D eigenvalue weighted by atomic mass is 32.2. The molecule has 2 amide bonds. The van der Waals surface area contributed by atoms with Gasteiger partial charge in [0.05, 0.1) is 11.4 Å². The van der Waals surface area contributed by atoms with Gasteiger partial charge in [0.2, 0.25) is 11.8 Å². The second-order valence-electron chi connectivity index (χ2n) is 6.31. The molecule has 0 unspecified atom stereocenters. The van der Waals surface area contributed by atoms with Crippen LogP contribution < -0.4 is 10.6 Å². The van der Waals surface area contributed by atoms with Crippen molar-refractivity contribution < 1.29 is 9.59 Å². The van der Waals surface area contributed by atoms with Crippen molar-refractivity contribution in [3.05, 3.63) is 24.3 Å². The first kappa shape index (κ1) is 15.4. The number of benzene rings is 1. The van der Waals surface area contributed by atoms with E-state index in [1.165, 1.54) is 37.9 Å². The van der Waals surface area contributed by atoms with E-state index in [9.17, 15) is 9.59 Å². The van der Waals surface area contributed by atoms with Gasteiger partial charge in [-0.3, -0.25) is 9.59 Å². The van der Waals surface area contributed by atoms with Crippen LogP contribution in [0.25, 0.3) is 0 Å². The van der Waals surface area contributed by atoms with Gasteiger partial charge in [-0.1, -0.05) is 18.6 Å². The second kappa shape index (κ2) is 6.73. The van der Waals surface area contributed by atoms with Crippen molar-refractivity contribution in [2.75, 3.05) is 11.1 Å². The summed E-state index contributed by atoms with van der Waals surface area (Å²) in [6, 6.07) is 7.97. The lowest BCUT2D eigenvalue weighted by Crippen LogP contribution is -2.39. The average Bonchev–Trinajstić information content (AvgIpc) is 3.08. The fraction of sp³-hybridized carbons (Fsp3) is 0.529. The van der Waals surface area contributed by atoms with Crippen LogP contribution in [0.1, 0.15) is 32.6 Å². The van der Waals surface area contributed by atoms with Gasteiger partial charge in [0.25, 0.3) is 0 Å². The maximum atomic E-state index is 12.2. The van der Waals surface area contributed by atoms with Crippen molar-refractivity contribution in [1.82, 2.24) is 5.32 Å². The standard InChI is InChI=1S/C17H22N2O2S/c1-11(20)18-14-4-2-3-5-16(14)22-10-17(21)19-15-9-12-6-7-13(15)8-12/h2-5,12-13,15H,6-10H2,1H3,(H,18,20)(H,19,21)/t12-,13-,15-/m0/s1. The maximum absolute atomic E-state index is 12.2. The molecule has 0 saturated heterocycles. The van der Waals surface area contributed by atoms with E-state index >= 15 is 0 Å². The van der Waals surface area contributed by atoms with Crippen LogP contribution in [0.4, 0.5) is 5.69 Å². The Hall–Kier alpha value is -1.49. The highest BCUT2D eigenvalue weighted by molar-refractivity contribution is 8.00. The fourth-order valence-corrected chi connectivity index (χ4v) is 4.52. The van der Waals surface area contributed by atoms with E-state index in [4.69, 9.17) is 0 Å². The smallest absolute Gasteiger partial charge is 0.230 e. The van der Waals surface area contributed by atoms with Crippen LogP contribution in [0, 0.1) is 11.8 Å². The molecule has 0 radical (unpaired) electrons. The molecule has 22 heavy (non-hydrogen) atoms. The zero-order valence-electron chi connectivity index (χ0n) is 12.8. The summed E-state index contributed by atoms with van der Waals surface area (Å²) in [7, 11) is 0. The van der Waals surface area contributed by atoms with Crippen LogP contribution >= 0.6 is 11.8 Å². The van der Waals surface area contributed by atoms with Crippen LogP contribution in [-0.2, 0) is 9.59 Å². The minimum absolute atomic E-state index is 0.0974. The first-order chi connectivity index (χ1) is 10.6. The SMILES string of the molecule is CC(=O)Nc1ccccc1SCC(=O)N[C@H]1C[C@H]2CC[C@H]1C2. The van der Waals surface area contributed by atoms with E-state index in [1.54, 1.807) is 0 Å². The van der Waals surface area contributed by atoms with Gasteiger partial charge in [-0.2, -0.15) is 0 Å². The van der Waals surface area contributed by atoms with E-state index in [0.29, 0.717) is 17.7 Å². The third kappa shape index (κ3) is 3.64. The van der Waals surface area contributed by atoms with Crippen LogP contribution in [0.5, 0.6) is 0 Å². The summed E-state index contributed by atoms with van der Waals surface area (Å²) >= 11 is 1.47. The Morgan fingerprint density at radius 1 is 1.23 bits per heavy atom. The van der Waals surface area contributed by atoms with Crippen LogP contribution in [0.3, 0.4) is 0 Å². The van der Waals surface area contributed by atoms with Crippen LogP contribution in [-0.4, -0.2) is 23.6 Å². The molecule has 1 aromatic carbocycles. The molecule has 0 aromatic heterocycles. The lowest BCUT2D eigenvalue weighted by atomic mass is 9.95. The van der Waals surface area contributed by atoms with Gasteiger partial charge in [0.1, 0.15) is 0 Å². The Balaban J connectivity index is 1.52. The summed E-state index contributed by atoms with van der Waals surface area (Å²) in [5.41, 5.74) is 0.771. The quantitative estimate of drug-likeness (QED) is 0.820. The minimum atomic E-state index is -0.0977. The van der Waals surface area contributed by atoms with Gasteiger partial charge in [0.15, 0.2) is 0 Å². The molecule has 5 heteroatoms. The zero-order valence-corrected chi connectivity index (χ0v) is 13.6. The van der Waals surface area contributed by atoms with E-state index in [1.807, 2.05) is 24.3 Å². The maximum Gasteiger partial charge on any atom is 0.230 e. The van der Waals surface area contributed by atoms with E-state index in [0.717, 1.165) is 22.9 Å². The van der Waals surface area contributed by atoms with Crippen LogP contribution in [0.15, 0.2) is 29.2 Å². The van der Waals surface area contributed by atoms with Crippen molar-refractivity contribution in [2.24, 2.45) is 11.8 Å². The lowest BCUT2D eigenvalue weighted by molar-refractivity contribution is -0.119. The molecular weight excluding hydrogens is 296 g/mol. The Bertz CT molecular complexity index is 576. The molecule has 2 aliphatic rings. The number of rotatable bonds is 5. The number of carbonyl (C=O) groups is 2. The zero-order chi connectivity index (χ0) is 15.5. The van der Waals surface area contributed by atoms with E-state index in [-0.39, 0.29) is 11.8 Å². The van der Waals surface area contributed by atoms with Crippen molar-refractivity contribution in [3.8, 4) is 0 Å². The van der Waals surface area contributed by atoms with E-state index < -0.39 is 0 Å². The van der Waals surface area contributed by atoms with Gasteiger partial charge in [-0.15, -0.1) is 11.8 Å². The lowest BCUT2D eigenvalue weighted by Gasteiger charge is -2.22. The molecule has 3 rings (SSSR count). The van der Waals surface area contributed by atoms with Gasteiger partial charge >= 0.3 is 0 Å². The van der Waals surface area contributed by atoms with E-state index in [2.05, 4.69) is 10.6 Å². The molecule has 2 fully saturated rings. The number of carbonyl (C=O) groups excluding carboxylic acids is 2. The first-order valence-corrected chi connectivity index (χ1v) is 8.89. The number of thioether (sulfide) groups is 1. The molecule has 3 atom stereocenters. The first-order valence-electron chi connectivity index (χ1n) is 7.90. The third-order valence-electron chi connectivity index (χ3n) is 4.64. The van der Waals surface area contributed by atoms with Crippen LogP contribution in [0.2, 0.25) is 0 Å². The molecule has 0 spiro atoms. The van der Waals surface area contributed by atoms with Gasteiger partial charge in [0, 0.05) is 17.9 Å². The number of amides is 2. The number of anilines is 1. The van der Waals surface area contributed by atoms with Crippen molar-refractivity contribution in [1.29, 1.82) is 0 Å². The summed E-state index contributed by atoms with van der Waals surface area (Å²) in [6.45, 7) is 1.49. The molecular formula is C17H22N2O2S. The van der Waals surface area contributed by atoms with Gasteiger partial charge < -0.3 is 10.6 Å². The summed E-state index contributed by atoms with van der Waals surface area (Å²) in [5, 5.41) is 5.99. The summed E-state index contributed by atoms with van der Waals surface area (Å²) in [4.78, 5) is 24.3. The minimum Gasteiger partial charge on any atom is -0.352 e. The van der Waals surface area contributed by atoms with Crippen molar-refractivity contribution >= 4 is 29.3 Å². The Kier molecular flexibility index (Phi) is 4.71. The monoisotopic (exact) mass is 318 g/mol. The normalized spacial score (nSPS) is 26.0. The number of hydrogen-bond donors (Lipinski definition) is 2. The highest BCUT2D eigenvalue weighted by Gasteiger charge is 2.39. The molecule has 0 aliphatic heterocycles. The van der Waals surface area contributed by atoms with Crippen molar-refractivity contribution in [3.63, 3.8) is 0 Å². The predicted octanol–water partition coefficient (Wildman–Crippen LogP) is 3.04. The Morgan fingerprint density at radius 3 is 2.73 bits per heavy atom. The molecule has 2 saturated carbocycles. The summed E-state index contributed by atoms with van der Waals surface area (Å²) in [5.74, 6) is 1.93. The third-order valence-corrected chi connectivity index (χ3v) is 5.71. The molecule has 0 heterocycles. The van der Waals surface area contributed by atoms with Gasteiger partial charge in [-0.05, 0) is 43.2 Å². The van der Waals surface area contributed by atoms with Gasteiger partial charge in [-0.25, -0.2) is 0 Å². The predicted molar refractivity (Wildman–Crippen MR) is 88.8 cm³/mol. The number of nitrogens with one attached hydrogen (secondary N) is 2. The molecule has 1 aromatic rings. The Labute approximate surface area is 135 Å². The Morgan fingerprint density at radius 2 is 2.05 bits per heavy atom. The van der Waals surface area contributed by atoms with Crippen molar-refractivity contribution in [2.45, 2.75) is 43.5 Å². The number of hydrogen-bond acceptors (Lipinski definition) is 3. The molecule has 2 aliphatic carbocycles. The topological polar surface area (TPSA) is 58.2 Å². The fourth-order valence-electron chi connectivity index (χ4n) is 3.70. The number of para-hydroxylation sites is 1. The number of fused-ring (bicyclic) bond motifs is 2. The molecule has 2 N–H and O–H groups in total. The molecule has 118 valence electrons. The second-order valence-corrected chi connectivity index (χ2v) is 7.33. The largest absolute Gasteiger partial charge is 0.352 e. The summed E-state index contributed by atoms with van der Waals surface area (Å²) in [6.07, 6.45) is 5.07. The molecule has 4 nitrogen and oxygen atoms in total.